The third-order valence-corrected chi connectivity index (χ3v) is 4.49. The van der Waals surface area contributed by atoms with Gasteiger partial charge in [0.2, 0.25) is 5.91 Å². The summed E-state index contributed by atoms with van der Waals surface area (Å²) in [7, 11) is 0. The molecule has 3 N–H and O–H groups in total. The molecule has 1 saturated carbocycles. The molecule has 1 aromatic rings. The van der Waals surface area contributed by atoms with E-state index in [1.54, 1.807) is 11.3 Å². The summed E-state index contributed by atoms with van der Waals surface area (Å²) in [6.07, 6.45) is 2.71. The van der Waals surface area contributed by atoms with Crippen molar-refractivity contribution in [3.05, 3.63) is 21.4 Å². The van der Waals surface area contributed by atoms with Gasteiger partial charge in [0.05, 0.1) is 12.1 Å². The number of carbonyl (C=O) groups excluding carboxylic acids is 1. The van der Waals surface area contributed by atoms with Gasteiger partial charge in [-0.05, 0) is 44.7 Å². The first-order valence-electron chi connectivity index (χ1n) is 5.64. The normalized spacial score (nSPS) is 17.9. The maximum atomic E-state index is 11.8. The Morgan fingerprint density at radius 1 is 1.56 bits per heavy atom. The highest BCUT2D eigenvalue weighted by Gasteiger charge is 2.39. The van der Waals surface area contributed by atoms with Crippen molar-refractivity contribution >= 4 is 17.2 Å². The number of hydrogen-bond acceptors (Lipinski definition) is 3. The zero-order valence-electron chi connectivity index (χ0n) is 9.80. The van der Waals surface area contributed by atoms with E-state index >= 15 is 0 Å². The van der Waals surface area contributed by atoms with E-state index in [0.29, 0.717) is 6.54 Å². The molecule has 0 aromatic carbocycles. The lowest BCUT2D eigenvalue weighted by molar-refractivity contribution is -0.129. The van der Waals surface area contributed by atoms with Crippen molar-refractivity contribution in [3.8, 4) is 0 Å². The summed E-state index contributed by atoms with van der Waals surface area (Å²) in [5, 5.41) is 2.93. The van der Waals surface area contributed by atoms with Crippen molar-refractivity contribution in [1.29, 1.82) is 0 Å². The van der Waals surface area contributed by atoms with Crippen molar-refractivity contribution in [2.24, 2.45) is 5.73 Å². The molecule has 0 spiro atoms. The quantitative estimate of drug-likeness (QED) is 0.844. The van der Waals surface area contributed by atoms with E-state index in [4.69, 9.17) is 5.73 Å². The van der Waals surface area contributed by atoms with Gasteiger partial charge in [0.25, 0.3) is 0 Å². The first kappa shape index (κ1) is 11.6. The molecule has 0 unspecified atom stereocenters. The summed E-state index contributed by atoms with van der Waals surface area (Å²) in [5.74, 6) is 0.00227. The number of aryl methyl sites for hydroxylation is 2. The van der Waals surface area contributed by atoms with Gasteiger partial charge in [-0.2, -0.15) is 0 Å². The summed E-state index contributed by atoms with van der Waals surface area (Å²) in [6, 6.07) is 2.13. The molecule has 1 aliphatic rings. The maximum Gasteiger partial charge on any atom is 0.240 e. The lowest BCUT2D eigenvalue weighted by Gasteiger charge is -2.36. The minimum Gasteiger partial charge on any atom is -0.350 e. The molecule has 1 aromatic heterocycles. The van der Waals surface area contributed by atoms with Gasteiger partial charge in [-0.15, -0.1) is 11.3 Å². The summed E-state index contributed by atoms with van der Waals surface area (Å²) < 4.78 is 0. The zero-order valence-corrected chi connectivity index (χ0v) is 10.6. The summed E-state index contributed by atoms with van der Waals surface area (Å²) in [5.41, 5.74) is 6.65. The van der Waals surface area contributed by atoms with E-state index in [-0.39, 0.29) is 5.91 Å². The Bertz CT molecular complexity index is 388. The standard InChI is InChI=1S/C12H18N2OS/c1-8-6-10(16-9(8)2)7-14-11(15)12(13)4-3-5-12/h6H,3-5,7,13H2,1-2H3,(H,14,15). The van der Waals surface area contributed by atoms with Gasteiger partial charge in [-0.3, -0.25) is 4.79 Å². The van der Waals surface area contributed by atoms with Gasteiger partial charge in [0, 0.05) is 9.75 Å². The number of hydrogen-bond donors (Lipinski definition) is 2. The molecule has 2 rings (SSSR count). The number of amides is 1. The lowest BCUT2D eigenvalue weighted by Crippen LogP contribution is -2.58. The maximum absolute atomic E-state index is 11.8. The number of carbonyl (C=O) groups is 1. The molecule has 1 amide bonds. The van der Waals surface area contributed by atoms with Crippen molar-refractivity contribution in [2.45, 2.75) is 45.2 Å². The van der Waals surface area contributed by atoms with Gasteiger partial charge >= 0.3 is 0 Å². The highest BCUT2D eigenvalue weighted by atomic mass is 32.1. The van der Waals surface area contributed by atoms with E-state index in [2.05, 4.69) is 25.2 Å². The SMILES string of the molecule is Cc1cc(CNC(=O)C2(N)CCC2)sc1C. The fourth-order valence-electron chi connectivity index (χ4n) is 1.86. The first-order valence-corrected chi connectivity index (χ1v) is 6.46. The van der Waals surface area contributed by atoms with E-state index < -0.39 is 5.54 Å². The Morgan fingerprint density at radius 3 is 2.69 bits per heavy atom. The smallest absolute Gasteiger partial charge is 0.240 e. The van der Waals surface area contributed by atoms with Crippen molar-refractivity contribution in [2.75, 3.05) is 0 Å². The fraction of sp³-hybridized carbons (Fsp3) is 0.583. The lowest BCUT2D eigenvalue weighted by atomic mass is 9.77. The molecule has 1 heterocycles. The Hall–Kier alpha value is -0.870. The van der Waals surface area contributed by atoms with Crippen LogP contribution in [0, 0.1) is 13.8 Å². The Balaban J connectivity index is 1.90. The molecule has 1 aliphatic carbocycles. The predicted octanol–water partition coefficient (Wildman–Crippen LogP) is 1.86. The van der Waals surface area contributed by atoms with Crippen molar-refractivity contribution in [3.63, 3.8) is 0 Å². The molecule has 0 radical (unpaired) electrons. The number of rotatable bonds is 3. The molecule has 1 fully saturated rings. The summed E-state index contributed by atoms with van der Waals surface area (Å²) >= 11 is 1.74. The van der Waals surface area contributed by atoms with Crippen LogP contribution in [0.25, 0.3) is 0 Å². The number of nitrogens with two attached hydrogens (primary N) is 1. The van der Waals surface area contributed by atoms with Crippen LogP contribution in [-0.4, -0.2) is 11.4 Å². The summed E-state index contributed by atoms with van der Waals surface area (Å²) in [6.45, 7) is 4.80. The van der Waals surface area contributed by atoms with Crippen LogP contribution in [0.15, 0.2) is 6.07 Å². The minimum atomic E-state index is -0.582. The third-order valence-electron chi connectivity index (χ3n) is 3.34. The molecule has 0 atom stereocenters. The van der Waals surface area contributed by atoms with Gasteiger partial charge in [-0.25, -0.2) is 0 Å². The molecule has 3 nitrogen and oxygen atoms in total. The zero-order chi connectivity index (χ0) is 11.8. The van der Waals surface area contributed by atoms with E-state index in [1.165, 1.54) is 15.3 Å². The van der Waals surface area contributed by atoms with Gasteiger partial charge in [-0.1, -0.05) is 0 Å². The third kappa shape index (κ3) is 2.13. The second-order valence-electron chi connectivity index (χ2n) is 4.64. The second kappa shape index (κ2) is 4.18. The van der Waals surface area contributed by atoms with Crippen LogP contribution in [-0.2, 0) is 11.3 Å². The van der Waals surface area contributed by atoms with Crippen LogP contribution in [0.5, 0.6) is 0 Å². The Morgan fingerprint density at radius 2 is 2.25 bits per heavy atom. The highest BCUT2D eigenvalue weighted by molar-refractivity contribution is 7.12. The van der Waals surface area contributed by atoms with Crippen LogP contribution in [0.1, 0.15) is 34.6 Å². The molecule has 0 bridgehead atoms. The molecule has 16 heavy (non-hydrogen) atoms. The topological polar surface area (TPSA) is 55.1 Å². The molecule has 4 heteroatoms. The summed E-state index contributed by atoms with van der Waals surface area (Å²) in [4.78, 5) is 14.3. The fourth-order valence-corrected chi connectivity index (χ4v) is 2.86. The predicted molar refractivity (Wildman–Crippen MR) is 66.4 cm³/mol. The molecule has 0 saturated heterocycles. The number of nitrogens with one attached hydrogen (secondary N) is 1. The number of thiophene rings is 1. The molecular formula is C12H18N2OS. The second-order valence-corrected chi connectivity index (χ2v) is 5.99. The molecule has 0 aliphatic heterocycles. The van der Waals surface area contributed by atoms with Crippen LogP contribution < -0.4 is 11.1 Å². The van der Waals surface area contributed by atoms with Gasteiger partial charge in [0.1, 0.15) is 0 Å². The molecule has 88 valence electrons. The van der Waals surface area contributed by atoms with Crippen LogP contribution in [0.3, 0.4) is 0 Å². The monoisotopic (exact) mass is 238 g/mol. The Kier molecular flexibility index (Phi) is 3.04. The van der Waals surface area contributed by atoms with Crippen molar-refractivity contribution in [1.82, 2.24) is 5.32 Å². The van der Waals surface area contributed by atoms with Crippen LogP contribution in [0.2, 0.25) is 0 Å². The van der Waals surface area contributed by atoms with E-state index in [0.717, 1.165) is 19.3 Å². The van der Waals surface area contributed by atoms with E-state index in [1.807, 2.05) is 0 Å². The van der Waals surface area contributed by atoms with Crippen molar-refractivity contribution < 1.29 is 4.79 Å². The van der Waals surface area contributed by atoms with Crippen LogP contribution in [0.4, 0.5) is 0 Å². The minimum absolute atomic E-state index is 0.00227. The van der Waals surface area contributed by atoms with Gasteiger partial charge in [0.15, 0.2) is 0 Å². The largest absolute Gasteiger partial charge is 0.350 e. The Labute approximate surface area is 100 Å². The highest BCUT2D eigenvalue weighted by Crippen LogP contribution is 2.29. The van der Waals surface area contributed by atoms with E-state index in [9.17, 15) is 4.79 Å². The van der Waals surface area contributed by atoms with Gasteiger partial charge < -0.3 is 11.1 Å². The molecular weight excluding hydrogens is 220 g/mol. The average Bonchev–Trinajstić information content (AvgIpc) is 2.51. The average molecular weight is 238 g/mol. The van der Waals surface area contributed by atoms with Crippen LogP contribution >= 0.6 is 11.3 Å². The first-order chi connectivity index (χ1) is 7.51.